The van der Waals surface area contributed by atoms with Crippen molar-refractivity contribution in [2.24, 2.45) is 5.92 Å². The Hall–Kier alpha value is -1.71. The lowest BCUT2D eigenvalue weighted by Gasteiger charge is -2.32. The lowest BCUT2D eigenvalue weighted by atomic mass is 9.95. The van der Waals surface area contributed by atoms with Crippen molar-refractivity contribution in [2.45, 2.75) is 32.6 Å². The van der Waals surface area contributed by atoms with E-state index in [4.69, 9.17) is 9.47 Å². The Balaban J connectivity index is 1.97. The second-order valence-electron chi connectivity index (χ2n) is 5.59. The largest absolute Gasteiger partial charge is 0.493 e. The van der Waals surface area contributed by atoms with E-state index in [0.717, 1.165) is 43.9 Å². The minimum Gasteiger partial charge on any atom is -0.493 e. The van der Waals surface area contributed by atoms with Gasteiger partial charge in [0.1, 0.15) is 0 Å². The Kier molecular flexibility index (Phi) is 5.48. The number of benzene rings is 1. The number of hydrogen-bond acceptors (Lipinski definition) is 3. The predicted octanol–water partition coefficient (Wildman–Crippen LogP) is 2.89. The van der Waals surface area contributed by atoms with Gasteiger partial charge in [-0.15, -0.1) is 0 Å². The molecule has 4 heteroatoms. The molecule has 0 radical (unpaired) electrons. The van der Waals surface area contributed by atoms with Crippen molar-refractivity contribution >= 4 is 5.91 Å². The fourth-order valence-electron chi connectivity index (χ4n) is 2.84. The molecule has 1 amide bonds. The molecule has 1 atom stereocenters. The van der Waals surface area contributed by atoms with Crippen LogP contribution in [-0.2, 0) is 11.2 Å². The molecule has 0 aliphatic carbocycles. The number of carbonyl (C=O) groups is 1. The van der Waals surface area contributed by atoms with Crippen LogP contribution in [0.4, 0.5) is 0 Å². The van der Waals surface area contributed by atoms with E-state index in [9.17, 15) is 4.79 Å². The SMILES string of the molecule is CCC1CCC(=O)N(CCc2ccc(OC)c(OC)c2)C1. The first-order chi connectivity index (χ1) is 10.2. The summed E-state index contributed by atoms with van der Waals surface area (Å²) in [6.45, 7) is 3.89. The highest BCUT2D eigenvalue weighted by Gasteiger charge is 2.24. The number of piperidine rings is 1. The van der Waals surface area contributed by atoms with Gasteiger partial charge in [-0.05, 0) is 36.5 Å². The van der Waals surface area contributed by atoms with Crippen LogP contribution in [0.5, 0.6) is 11.5 Å². The molecule has 1 aliphatic rings. The molecule has 0 aromatic heterocycles. The first-order valence-corrected chi connectivity index (χ1v) is 7.66. The van der Waals surface area contributed by atoms with Gasteiger partial charge in [-0.2, -0.15) is 0 Å². The average Bonchev–Trinajstić information content (AvgIpc) is 2.53. The molecule has 2 rings (SSSR count). The third-order valence-electron chi connectivity index (χ3n) is 4.29. The van der Waals surface area contributed by atoms with Gasteiger partial charge >= 0.3 is 0 Å². The maximum absolute atomic E-state index is 12.0. The van der Waals surface area contributed by atoms with Gasteiger partial charge in [0.05, 0.1) is 14.2 Å². The van der Waals surface area contributed by atoms with Gasteiger partial charge in [-0.25, -0.2) is 0 Å². The van der Waals surface area contributed by atoms with Crippen molar-refractivity contribution < 1.29 is 14.3 Å². The molecule has 1 aromatic rings. The summed E-state index contributed by atoms with van der Waals surface area (Å²) in [5.74, 6) is 2.43. The van der Waals surface area contributed by atoms with Crippen molar-refractivity contribution in [2.75, 3.05) is 27.3 Å². The van der Waals surface area contributed by atoms with Crippen molar-refractivity contribution in [1.29, 1.82) is 0 Å². The van der Waals surface area contributed by atoms with E-state index in [-0.39, 0.29) is 0 Å². The molecule has 0 spiro atoms. The van der Waals surface area contributed by atoms with E-state index in [1.54, 1.807) is 14.2 Å². The summed E-state index contributed by atoms with van der Waals surface area (Å²) in [6, 6.07) is 5.94. The normalized spacial score (nSPS) is 18.7. The summed E-state index contributed by atoms with van der Waals surface area (Å²) in [7, 11) is 3.27. The third-order valence-corrected chi connectivity index (χ3v) is 4.29. The number of ether oxygens (including phenoxy) is 2. The molecule has 1 heterocycles. The highest BCUT2D eigenvalue weighted by Crippen LogP contribution is 2.28. The van der Waals surface area contributed by atoms with Crippen molar-refractivity contribution in [1.82, 2.24) is 4.90 Å². The molecule has 1 saturated heterocycles. The molecule has 1 aliphatic heterocycles. The summed E-state index contributed by atoms with van der Waals surface area (Å²) in [6.07, 6.45) is 3.75. The molecule has 116 valence electrons. The Morgan fingerprint density at radius 1 is 1.24 bits per heavy atom. The van der Waals surface area contributed by atoms with Gasteiger partial charge in [0.25, 0.3) is 0 Å². The van der Waals surface area contributed by atoms with E-state index < -0.39 is 0 Å². The van der Waals surface area contributed by atoms with Gasteiger partial charge in [0, 0.05) is 19.5 Å². The van der Waals surface area contributed by atoms with Crippen LogP contribution in [-0.4, -0.2) is 38.1 Å². The number of rotatable bonds is 6. The van der Waals surface area contributed by atoms with Gasteiger partial charge in [-0.3, -0.25) is 4.79 Å². The number of carbonyl (C=O) groups excluding carboxylic acids is 1. The Morgan fingerprint density at radius 2 is 2.00 bits per heavy atom. The van der Waals surface area contributed by atoms with Crippen LogP contribution in [0.3, 0.4) is 0 Å². The molecule has 0 bridgehead atoms. The molecular formula is C17H25NO3. The van der Waals surface area contributed by atoms with Crippen LogP contribution in [0.15, 0.2) is 18.2 Å². The second-order valence-corrected chi connectivity index (χ2v) is 5.59. The molecule has 1 fully saturated rings. The second kappa shape index (κ2) is 7.34. The molecule has 0 saturated carbocycles. The Bertz CT molecular complexity index is 487. The fraction of sp³-hybridized carbons (Fsp3) is 0.588. The molecule has 4 nitrogen and oxygen atoms in total. The number of likely N-dealkylation sites (tertiary alicyclic amines) is 1. The third kappa shape index (κ3) is 3.90. The molecular weight excluding hydrogens is 266 g/mol. The minimum absolute atomic E-state index is 0.292. The molecule has 0 N–H and O–H groups in total. The van der Waals surface area contributed by atoms with Crippen LogP contribution in [0.1, 0.15) is 31.7 Å². The maximum atomic E-state index is 12.0. The van der Waals surface area contributed by atoms with E-state index in [0.29, 0.717) is 18.2 Å². The van der Waals surface area contributed by atoms with Gasteiger partial charge in [0.15, 0.2) is 11.5 Å². The lowest BCUT2D eigenvalue weighted by molar-refractivity contribution is -0.134. The molecule has 1 aromatic carbocycles. The number of methoxy groups -OCH3 is 2. The minimum atomic E-state index is 0.292. The zero-order valence-corrected chi connectivity index (χ0v) is 13.2. The van der Waals surface area contributed by atoms with Crippen LogP contribution in [0.2, 0.25) is 0 Å². The van der Waals surface area contributed by atoms with Crippen molar-refractivity contribution in [3.05, 3.63) is 23.8 Å². The number of amides is 1. The standard InChI is InChI=1S/C17H25NO3/c1-4-13-6-8-17(19)18(12-13)10-9-14-5-7-15(20-2)16(11-14)21-3/h5,7,11,13H,4,6,8-10,12H2,1-3H3. The molecule has 21 heavy (non-hydrogen) atoms. The first kappa shape index (κ1) is 15.7. The number of hydrogen-bond donors (Lipinski definition) is 0. The van der Waals surface area contributed by atoms with Crippen LogP contribution < -0.4 is 9.47 Å². The fourth-order valence-corrected chi connectivity index (χ4v) is 2.84. The van der Waals surface area contributed by atoms with Crippen molar-refractivity contribution in [3.63, 3.8) is 0 Å². The highest BCUT2D eigenvalue weighted by molar-refractivity contribution is 5.76. The summed E-state index contributed by atoms with van der Waals surface area (Å²) in [5.41, 5.74) is 1.17. The summed E-state index contributed by atoms with van der Waals surface area (Å²) in [4.78, 5) is 14.0. The van der Waals surface area contributed by atoms with Gasteiger partial charge < -0.3 is 14.4 Å². The quantitative estimate of drug-likeness (QED) is 0.809. The molecule has 1 unspecified atom stereocenters. The summed E-state index contributed by atoms with van der Waals surface area (Å²) < 4.78 is 10.6. The van der Waals surface area contributed by atoms with Crippen LogP contribution in [0.25, 0.3) is 0 Å². The Labute approximate surface area is 127 Å². The summed E-state index contributed by atoms with van der Waals surface area (Å²) >= 11 is 0. The smallest absolute Gasteiger partial charge is 0.222 e. The average molecular weight is 291 g/mol. The Morgan fingerprint density at radius 3 is 2.67 bits per heavy atom. The first-order valence-electron chi connectivity index (χ1n) is 7.66. The van der Waals surface area contributed by atoms with Crippen LogP contribution >= 0.6 is 0 Å². The van der Waals surface area contributed by atoms with Crippen molar-refractivity contribution in [3.8, 4) is 11.5 Å². The number of nitrogens with zero attached hydrogens (tertiary/aromatic N) is 1. The zero-order valence-electron chi connectivity index (χ0n) is 13.2. The summed E-state index contributed by atoms with van der Waals surface area (Å²) in [5, 5.41) is 0. The van der Waals surface area contributed by atoms with E-state index in [1.165, 1.54) is 5.56 Å². The topological polar surface area (TPSA) is 38.8 Å². The highest BCUT2D eigenvalue weighted by atomic mass is 16.5. The zero-order chi connectivity index (χ0) is 15.2. The van der Waals surface area contributed by atoms with E-state index in [1.807, 2.05) is 23.1 Å². The lowest BCUT2D eigenvalue weighted by Crippen LogP contribution is -2.40. The predicted molar refractivity (Wildman–Crippen MR) is 82.8 cm³/mol. The van der Waals surface area contributed by atoms with Gasteiger partial charge in [-0.1, -0.05) is 19.4 Å². The van der Waals surface area contributed by atoms with E-state index >= 15 is 0 Å². The van der Waals surface area contributed by atoms with Crippen LogP contribution in [0, 0.1) is 5.92 Å². The maximum Gasteiger partial charge on any atom is 0.222 e. The van der Waals surface area contributed by atoms with E-state index in [2.05, 4.69) is 6.92 Å². The van der Waals surface area contributed by atoms with Gasteiger partial charge in [0.2, 0.25) is 5.91 Å². The monoisotopic (exact) mass is 291 g/mol.